The Morgan fingerprint density at radius 1 is 1.07 bits per heavy atom. The van der Waals surface area contributed by atoms with E-state index in [1.54, 1.807) is 31.3 Å². The summed E-state index contributed by atoms with van der Waals surface area (Å²) in [4.78, 5) is 1.68. The number of hydrogen-bond acceptors (Lipinski definition) is 5. The highest BCUT2D eigenvalue weighted by atomic mass is 19.1. The van der Waals surface area contributed by atoms with Crippen molar-refractivity contribution in [3.8, 4) is 17.6 Å². The molecule has 0 aromatic heterocycles. The Labute approximate surface area is 157 Å². The van der Waals surface area contributed by atoms with Crippen LogP contribution < -0.4 is 19.7 Å². The molecule has 5 nitrogen and oxygen atoms in total. The largest absolute Gasteiger partial charge is 0.497 e. The molecule has 142 valence electrons. The van der Waals surface area contributed by atoms with E-state index < -0.39 is 11.6 Å². The smallest absolute Gasteiger partial charge is 0.150 e. The van der Waals surface area contributed by atoms with Crippen molar-refractivity contribution in [3.05, 3.63) is 47.5 Å². The number of benzene rings is 2. The molecule has 0 bridgehead atoms. The number of hydrogen-bond donors (Lipinski definition) is 1. The Kier molecular flexibility index (Phi) is 5.65. The zero-order chi connectivity index (χ0) is 19.4. The van der Waals surface area contributed by atoms with E-state index in [2.05, 4.69) is 5.32 Å². The molecule has 2 aromatic carbocycles. The first-order valence-electron chi connectivity index (χ1n) is 8.67. The van der Waals surface area contributed by atoms with Crippen molar-refractivity contribution in [1.82, 2.24) is 0 Å². The first-order chi connectivity index (χ1) is 13.0. The number of rotatable bonds is 5. The first kappa shape index (κ1) is 18.8. The minimum atomic E-state index is -0.713. The van der Waals surface area contributed by atoms with Gasteiger partial charge in [-0.2, -0.15) is 5.26 Å². The fraction of sp³-hybridized carbons (Fsp3) is 0.350. The van der Waals surface area contributed by atoms with Gasteiger partial charge in [-0.25, -0.2) is 8.78 Å². The highest BCUT2D eigenvalue weighted by Gasteiger charge is 2.25. The highest BCUT2D eigenvalue weighted by Crippen LogP contribution is 2.30. The van der Waals surface area contributed by atoms with Gasteiger partial charge in [-0.05, 0) is 25.0 Å². The lowest BCUT2D eigenvalue weighted by Crippen LogP contribution is -2.43. The van der Waals surface area contributed by atoms with Crippen molar-refractivity contribution in [3.63, 3.8) is 0 Å². The summed E-state index contributed by atoms with van der Waals surface area (Å²) in [5.74, 6) is -0.104. The third-order valence-electron chi connectivity index (χ3n) is 4.61. The Morgan fingerprint density at radius 2 is 1.70 bits per heavy atom. The van der Waals surface area contributed by atoms with Crippen molar-refractivity contribution in [2.75, 3.05) is 37.5 Å². The molecule has 1 unspecified atom stereocenters. The molecule has 7 heteroatoms. The van der Waals surface area contributed by atoms with Crippen LogP contribution in [0.15, 0.2) is 30.3 Å². The molecule has 3 rings (SSSR count). The Bertz CT molecular complexity index is 822. The summed E-state index contributed by atoms with van der Waals surface area (Å²) in [5.41, 5.74) is 0.714. The minimum absolute atomic E-state index is 0.00463. The average Bonchev–Trinajstić information content (AvgIpc) is 2.67. The second-order valence-electron chi connectivity index (χ2n) is 6.43. The van der Waals surface area contributed by atoms with Crippen LogP contribution in [0.5, 0.6) is 11.5 Å². The Morgan fingerprint density at radius 3 is 2.26 bits per heavy atom. The van der Waals surface area contributed by atoms with Crippen LogP contribution in [-0.2, 0) is 0 Å². The predicted octanol–water partition coefficient (Wildman–Crippen LogP) is 3.93. The normalized spacial score (nSPS) is 16.6. The first-order valence-corrected chi connectivity index (χ1v) is 8.67. The summed E-state index contributed by atoms with van der Waals surface area (Å²) >= 11 is 0. The summed E-state index contributed by atoms with van der Waals surface area (Å²) in [6, 6.07) is 9.40. The van der Waals surface area contributed by atoms with Crippen molar-refractivity contribution in [1.29, 1.82) is 5.26 Å². The molecule has 1 saturated heterocycles. The van der Waals surface area contributed by atoms with Crippen molar-refractivity contribution >= 4 is 11.4 Å². The van der Waals surface area contributed by atoms with Gasteiger partial charge >= 0.3 is 0 Å². The standard InChI is InChI=1S/C20H21F2N3O2/c1-26-16-8-15(9-17(10-16)27-2)24-14-4-3-5-25(12-14)20-18(21)6-13(11-23)7-19(20)22/h6-10,14,24H,3-5,12H2,1-2H3. The van der Waals surface area contributed by atoms with Crippen LogP contribution in [0, 0.1) is 23.0 Å². The molecule has 0 radical (unpaired) electrons. The third kappa shape index (κ3) is 4.22. The molecular weight excluding hydrogens is 352 g/mol. The van der Waals surface area contributed by atoms with Gasteiger partial charge in [-0.1, -0.05) is 0 Å². The van der Waals surface area contributed by atoms with Crippen molar-refractivity contribution in [2.45, 2.75) is 18.9 Å². The van der Waals surface area contributed by atoms with Crippen LogP contribution in [0.25, 0.3) is 0 Å². The highest BCUT2D eigenvalue weighted by molar-refractivity contribution is 5.56. The van der Waals surface area contributed by atoms with E-state index in [-0.39, 0.29) is 17.3 Å². The van der Waals surface area contributed by atoms with Crippen LogP contribution >= 0.6 is 0 Å². The molecule has 1 aliphatic heterocycles. The second kappa shape index (κ2) is 8.12. The zero-order valence-corrected chi connectivity index (χ0v) is 15.3. The van der Waals surface area contributed by atoms with E-state index >= 15 is 0 Å². The molecule has 0 saturated carbocycles. The minimum Gasteiger partial charge on any atom is -0.497 e. The topological polar surface area (TPSA) is 57.5 Å². The third-order valence-corrected chi connectivity index (χ3v) is 4.61. The van der Waals surface area contributed by atoms with Gasteiger partial charge in [0, 0.05) is 43.0 Å². The molecule has 1 N–H and O–H groups in total. The molecule has 27 heavy (non-hydrogen) atoms. The van der Waals surface area contributed by atoms with Gasteiger partial charge in [-0.15, -0.1) is 0 Å². The summed E-state index contributed by atoms with van der Waals surface area (Å²) in [6.07, 6.45) is 1.66. The van der Waals surface area contributed by atoms with E-state index in [0.717, 1.165) is 30.7 Å². The summed E-state index contributed by atoms with van der Waals surface area (Å²) in [7, 11) is 3.16. The van der Waals surface area contributed by atoms with E-state index in [1.807, 2.05) is 12.1 Å². The summed E-state index contributed by atoms with van der Waals surface area (Å²) < 4.78 is 39.2. The van der Waals surface area contributed by atoms with Gasteiger partial charge in [0.1, 0.15) is 17.2 Å². The quantitative estimate of drug-likeness (QED) is 0.860. The average molecular weight is 373 g/mol. The van der Waals surface area contributed by atoms with Crippen LogP contribution in [0.1, 0.15) is 18.4 Å². The van der Waals surface area contributed by atoms with Gasteiger partial charge in [-0.3, -0.25) is 0 Å². The zero-order valence-electron chi connectivity index (χ0n) is 15.3. The van der Waals surface area contributed by atoms with E-state index in [1.165, 1.54) is 0 Å². The fourth-order valence-corrected chi connectivity index (χ4v) is 3.36. The monoisotopic (exact) mass is 373 g/mol. The second-order valence-corrected chi connectivity index (χ2v) is 6.43. The maximum atomic E-state index is 14.3. The van der Waals surface area contributed by atoms with Crippen LogP contribution in [0.3, 0.4) is 0 Å². The molecule has 0 amide bonds. The maximum absolute atomic E-state index is 14.3. The van der Waals surface area contributed by atoms with Crippen LogP contribution in [0.4, 0.5) is 20.2 Å². The van der Waals surface area contributed by atoms with Crippen LogP contribution in [0.2, 0.25) is 0 Å². The van der Waals surface area contributed by atoms with Gasteiger partial charge in [0.2, 0.25) is 0 Å². The SMILES string of the molecule is COc1cc(NC2CCCN(c3c(F)cc(C#N)cc3F)C2)cc(OC)c1. The fourth-order valence-electron chi connectivity index (χ4n) is 3.36. The summed E-state index contributed by atoms with van der Waals surface area (Å²) in [6.45, 7) is 0.999. The number of ether oxygens (including phenoxy) is 2. The lowest BCUT2D eigenvalue weighted by molar-refractivity contribution is 0.394. The van der Waals surface area contributed by atoms with E-state index in [9.17, 15) is 8.78 Å². The van der Waals surface area contributed by atoms with Crippen molar-refractivity contribution < 1.29 is 18.3 Å². The molecule has 1 fully saturated rings. The molecule has 0 spiro atoms. The van der Waals surface area contributed by atoms with Gasteiger partial charge < -0.3 is 19.7 Å². The molecule has 2 aromatic rings. The molecule has 1 aliphatic rings. The van der Waals surface area contributed by atoms with E-state index in [4.69, 9.17) is 14.7 Å². The number of methoxy groups -OCH3 is 2. The molecule has 1 heterocycles. The lowest BCUT2D eigenvalue weighted by Gasteiger charge is -2.35. The van der Waals surface area contributed by atoms with Crippen molar-refractivity contribution in [2.24, 2.45) is 0 Å². The number of halogens is 2. The maximum Gasteiger partial charge on any atom is 0.150 e. The Hall–Kier alpha value is -3.01. The lowest BCUT2D eigenvalue weighted by atomic mass is 10.0. The van der Waals surface area contributed by atoms with Gasteiger partial charge in [0.25, 0.3) is 0 Å². The molecule has 0 aliphatic carbocycles. The number of nitrogens with zero attached hydrogens (tertiary/aromatic N) is 2. The molecule has 1 atom stereocenters. The van der Waals surface area contributed by atoms with Crippen LogP contribution in [-0.4, -0.2) is 33.4 Å². The van der Waals surface area contributed by atoms with E-state index in [0.29, 0.717) is 24.6 Å². The number of nitriles is 1. The number of piperidine rings is 1. The number of anilines is 2. The Balaban J connectivity index is 1.79. The van der Waals surface area contributed by atoms with Gasteiger partial charge in [0.05, 0.1) is 25.9 Å². The predicted molar refractivity (Wildman–Crippen MR) is 99.5 cm³/mol. The number of nitrogens with one attached hydrogen (secondary N) is 1. The van der Waals surface area contributed by atoms with Gasteiger partial charge in [0.15, 0.2) is 11.6 Å². The summed E-state index contributed by atoms with van der Waals surface area (Å²) in [5, 5.41) is 12.2. The molecular formula is C20H21F2N3O2.